The third kappa shape index (κ3) is 3.17. The van der Waals surface area contributed by atoms with Gasteiger partial charge in [0, 0.05) is 35.9 Å². The second kappa shape index (κ2) is 5.87. The Morgan fingerprint density at radius 2 is 2.29 bits per heavy atom. The molecule has 1 aliphatic rings. The lowest BCUT2D eigenvalue weighted by molar-refractivity contribution is 0.213. The smallest absolute Gasteiger partial charge is 0.258 e. The fourth-order valence-electron chi connectivity index (χ4n) is 2.79. The largest absolute Gasteiger partial charge is 0.329 e. The highest BCUT2D eigenvalue weighted by atomic mass is 79.9. The summed E-state index contributed by atoms with van der Waals surface area (Å²) >= 11 is 3.37. The molecule has 0 bridgehead atoms. The molecule has 2 aromatic rings. The molecule has 1 atom stereocenters. The number of nitrogens with two attached hydrogens (primary N) is 1. The van der Waals surface area contributed by atoms with Gasteiger partial charge in [0.25, 0.3) is 5.56 Å². The molecule has 0 amide bonds. The minimum Gasteiger partial charge on any atom is -0.329 e. The Morgan fingerprint density at radius 3 is 2.95 bits per heavy atom. The van der Waals surface area contributed by atoms with Crippen LogP contribution in [0.3, 0.4) is 0 Å². The zero-order valence-electron chi connectivity index (χ0n) is 12.0. The summed E-state index contributed by atoms with van der Waals surface area (Å²) in [6.45, 7) is 1.31. The van der Waals surface area contributed by atoms with Crippen molar-refractivity contribution in [3.8, 4) is 0 Å². The van der Waals surface area contributed by atoms with E-state index in [0.29, 0.717) is 30.7 Å². The fourth-order valence-corrected chi connectivity index (χ4v) is 3.13. The second-order valence-electron chi connectivity index (χ2n) is 5.72. The van der Waals surface area contributed by atoms with Gasteiger partial charge >= 0.3 is 0 Å². The first-order valence-electron chi connectivity index (χ1n) is 7.16. The molecule has 2 N–H and O–H groups in total. The number of fused-ring (bicyclic) bond motifs is 1. The lowest BCUT2D eigenvalue weighted by Crippen LogP contribution is -2.39. The van der Waals surface area contributed by atoms with Crippen molar-refractivity contribution in [1.82, 2.24) is 14.3 Å². The quantitative estimate of drug-likeness (QED) is 0.889. The Kier molecular flexibility index (Phi) is 4.10. The molecule has 21 heavy (non-hydrogen) atoms. The molecular formula is C15H19BrN4O. The lowest BCUT2D eigenvalue weighted by Gasteiger charge is -2.26. The van der Waals surface area contributed by atoms with Gasteiger partial charge in [-0.15, -0.1) is 0 Å². The van der Waals surface area contributed by atoms with Gasteiger partial charge in [-0.3, -0.25) is 14.1 Å². The summed E-state index contributed by atoms with van der Waals surface area (Å²) < 4.78 is 2.41. The van der Waals surface area contributed by atoms with Crippen molar-refractivity contribution in [2.24, 2.45) is 11.7 Å². The van der Waals surface area contributed by atoms with Crippen LogP contribution in [0.25, 0.3) is 5.65 Å². The van der Waals surface area contributed by atoms with E-state index in [4.69, 9.17) is 5.73 Å². The minimum atomic E-state index is -0.0552. The van der Waals surface area contributed by atoms with Crippen molar-refractivity contribution in [2.45, 2.75) is 25.4 Å². The van der Waals surface area contributed by atoms with Crippen LogP contribution in [0.2, 0.25) is 0 Å². The predicted molar refractivity (Wildman–Crippen MR) is 86.2 cm³/mol. The van der Waals surface area contributed by atoms with Gasteiger partial charge in [0.2, 0.25) is 0 Å². The standard InChI is InChI=1S/C15H19BrN4O/c1-19(13(7-17)10-2-3-10)9-12-6-15(21)20-8-11(16)4-5-14(20)18-12/h4-6,8,10,13H,2-3,7,9,17H2,1H3. The molecule has 112 valence electrons. The normalized spacial score (nSPS) is 16.6. The summed E-state index contributed by atoms with van der Waals surface area (Å²) in [7, 11) is 2.06. The molecule has 0 radical (unpaired) electrons. The molecule has 1 unspecified atom stereocenters. The zero-order chi connectivity index (χ0) is 15.0. The predicted octanol–water partition coefficient (Wildman–Crippen LogP) is 1.63. The Bertz CT molecular complexity index is 710. The maximum atomic E-state index is 12.2. The van der Waals surface area contributed by atoms with Gasteiger partial charge in [-0.25, -0.2) is 4.98 Å². The maximum Gasteiger partial charge on any atom is 0.258 e. The van der Waals surface area contributed by atoms with E-state index in [1.165, 1.54) is 12.8 Å². The van der Waals surface area contributed by atoms with Crippen LogP contribution in [0.1, 0.15) is 18.5 Å². The van der Waals surface area contributed by atoms with E-state index in [0.717, 1.165) is 10.2 Å². The molecule has 3 rings (SSSR count). The summed E-state index contributed by atoms with van der Waals surface area (Å²) in [5.74, 6) is 0.706. The third-order valence-corrected chi connectivity index (χ3v) is 4.53. The van der Waals surface area contributed by atoms with Gasteiger partial charge in [-0.1, -0.05) is 0 Å². The molecule has 1 aliphatic carbocycles. The number of pyridine rings is 1. The van der Waals surface area contributed by atoms with Gasteiger partial charge in [0.15, 0.2) is 0 Å². The van der Waals surface area contributed by atoms with Crippen molar-refractivity contribution < 1.29 is 0 Å². The van der Waals surface area contributed by atoms with Crippen molar-refractivity contribution >= 4 is 21.6 Å². The molecule has 0 spiro atoms. The highest BCUT2D eigenvalue weighted by Gasteiger charge is 2.32. The highest BCUT2D eigenvalue weighted by molar-refractivity contribution is 9.10. The van der Waals surface area contributed by atoms with Gasteiger partial charge in [-0.05, 0) is 53.9 Å². The minimum absolute atomic E-state index is 0.0552. The third-order valence-electron chi connectivity index (χ3n) is 4.06. The molecule has 2 heterocycles. The van der Waals surface area contributed by atoms with E-state index < -0.39 is 0 Å². The van der Waals surface area contributed by atoms with Crippen LogP contribution in [-0.4, -0.2) is 33.9 Å². The number of nitrogens with zero attached hydrogens (tertiary/aromatic N) is 3. The van der Waals surface area contributed by atoms with Crippen molar-refractivity contribution in [1.29, 1.82) is 0 Å². The SMILES string of the molecule is CN(Cc1cc(=O)n2cc(Br)ccc2n1)C(CN)C1CC1. The number of likely N-dealkylation sites (N-methyl/N-ethyl adjacent to an activating group) is 1. The van der Waals surface area contributed by atoms with Gasteiger partial charge < -0.3 is 5.73 Å². The Balaban J connectivity index is 1.87. The van der Waals surface area contributed by atoms with E-state index in [2.05, 4.69) is 32.9 Å². The number of hydrogen-bond donors (Lipinski definition) is 1. The van der Waals surface area contributed by atoms with Crippen molar-refractivity contribution in [2.75, 3.05) is 13.6 Å². The van der Waals surface area contributed by atoms with Crippen LogP contribution in [0.4, 0.5) is 0 Å². The van der Waals surface area contributed by atoms with Gasteiger partial charge in [-0.2, -0.15) is 0 Å². The molecule has 2 aromatic heterocycles. The average molecular weight is 351 g/mol. The highest BCUT2D eigenvalue weighted by Crippen LogP contribution is 2.34. The van der Waals surface area contributed by atoms with E-state index >= 15 is 0 Å². The molecular weight excluding hydrogens is 332 g/mol. The summed E-state index contributed by atoms with van der Waals surface area (Å²) in [6, 6.07) is 5.73. The van der Waals surface area contributed by atoms with Crippen LogP contribution in [0.15, 0.2) is 33.7 Å². The van der Waals surface area contributed by atoms with Gasteiger partial charge in [0.05, 0.1) is 5.69 Å². The first-order chi connectivity index (χ1) is 10.1. The van der Waals surface area contributed by atoms with Crippen molar-refractivity contribution in [3.05, 3.63) is 44.9 Å². The summed E-state index contributed by atoms with van der Waals surface area (Å²) in [4.78, 5) is 19.0. The number of halogens is 1. The van der Waals surface area contributed by atoms with Crippen LogP contribution in [0.5, 0.6) is 0 Å². The van der Waals surface area contributed by atoms with Crippen molar-refractivity contribution in [3.63, 3.8) is 0 Å². The van der Waals surface area contributed by atoms with Gasteiger partial charge in [0.1, 0.15) is 5.65 Å². The van der Waals surface area contributed by atoms with E-state index in [9.17, 15) is 4.79 Å². The molecule has 6 heteroatoms. The Hall–Kier alpha value is -1.24. The van der Waals surface area contributed by atoms with E-state index in [-0.39, 0.29) is 5.56 Å². The summed E-state index contributed by atoms with van der Waals surface area (Å²) in [6.07, 6.45) is 4.26. The van der Waals surface area contributed by atoms with Crippen LogP contribution >= 0.6 is 15.9 Å². The molecule has 0 saturated heterocycles. The second-order valence-corrected chi connectivity index (χ2v) is 6.63. The Labute approximate surface area is 131 Å². The number of rotatable bonds is 5. The number of aromatic nitrogens is 2. The molecule has 0 aromatic carbocycles. The Morgan fingerprint density at radius 1 is 1.52 bits per heavy atom. The van der Waals surface area contributed by atoms with Crippen LogP contribution in [-0.2, 0) is 6.54 Å². The first-order valence-corrected chi connectivity index (χ1v) is 7.96. The monoisotopic (exact) mass is 350 g/mol. The first kappa shape index (κ1) is 14.7. The summed E-state index contributed by atoms with van der Waals surface area (Å²) in [5, 5.41) is 0. The van der Waals surface area contributed by atoms with E-state index in [1.54, 1.807) is 16.7 Å². The molecule has 5 nitrogen and oxygen atoms in total. The molecule has 0 aliphatic heterocycles. The van der Waals surface area contributed by atoms with E-state index in [1.807, 2.05) is 12.1 Å². The molecule has 1 saturated carbocycles. The molecule has 1 fully saturated rings. The topological polar surface area (TPSA) is 63.6 Å². The summed E-state index contributed by atoms with van der Waals surface area (Å²) in [5.41, 5.74) is 7.28. The average Bonchev–Trinajstić information content (AvgIpc) is 3.25. The number of hydrogen-bond acceptors (Lipinski definition) is 4. The van der Waals surface area contributed by atoms with Crippen LogP contribution < -0.4 is 11.3 Å². The maximum absolute atomic E-state index is 12.2. The lowest BCUT2D eigenvalue weighted by atomic mass is 10.1. The zero-order valence-corrected chi connectivity index (χ0v) is 13.6. The van der Waals surface area contributed by atoms with Crippen LogP contribution in [0, 0.1) is 5.92 Å². The fraction of sp³-hybridized carbons (Fsp3) is 0.467.